The first kappa shape index (κ1) is 22.0. The zero-order valence-corrected chi connectivity index (χ0v) is 18.9. The van der Waals surface area contributed by atoms with E-state index in [9.17, 15) is 14.9 Å². The number of fused-ring (bicyclic) bond motifs is 1. The molecule has 0 radical (unpaired) electrons. The van der Waals surface area contributed by atoms with Gasteiger partial charge in [0.15, 0.2) is 0 Å². The van der Waals surface area contributed by atoms with Crippen molar-refractivity contribution in [2.45, 2.75) is 57.7 Å². The largest absolute Gasteiger partial charge is 0.339 e. The van der Waals surface area contributed by atoms with E-state index >= 15 is 0 Å². The SMILES string of the molecule is C[C@@H]1CC[C@H](C)N[C@@H]1C(=O)N[C@H](C#N)Cc1ccc(-c2ccc3c(c2)N(C)C(=O)C3)cc1. The predicted octanol–water partition coefficient (Wildman–Crippen LogP) is 3.20. The number of rotatable bonds is 5. The monoisotopic (exact) mass is 430 g/mol. The van der Waals surface area contributed by atoms with Gasteiger partial charge in [-0.3, -0.25) is 9.59 Å². The van der Waals surface area contributed by atoms with Gasteiger partial charge in [0.25, 0.3) is 0 Å². The first-order valence-corrected chi connectivity index (χ1v) is 11.3. The summed E-state index contributed by atoms with van der Waals surface area (Å²) < 4.78 is 0. The maximum absolute atomic E-state index is 12.7. The molecule has 0 saturated carbocycles. The number of nitrogens with zero attached hydrogens (tertiary/aromatic N) is 2. The Balaban J connectivity index is 1.41. The zero-order chi connectivity index (χ0) is 22.8. The lowest BCUT2D eigenvalue weighted by Crippen LogP contribution is -2.55. The molecule has 0 unspecified atom stereocenters. The van der Waals surface area contributed by atoms with Crippen LogP contribution in [0, 0.1) is 17.2 Å². The Morgan fingerprint density at radius 3 is 2.62 bits per heavy atom. The molecule has 4 rings (SSSR count). The van der Waals surface area contributed by atoms with Crippen molar-refractivity contribution >= 4 is 17.5 Å². The van der Waals surface area contributed by atoms with Gasteiger partial charge in [0, 0.05) is 25.2 Å². The van der Waals surface area contributed by atoms with E-state index in [1.165, 1.54) is 0 Å². The molecule has 166 valence electrons. The lowest BCUT2D eigenvalue weighted by molar-refractivity contribution is -0.125. The van der Waals surface area contributed by atoms with E-state index < -0.39 is 6.04 Å². The van der Waals surface area contributed by atoms with Crippen LogP contribution < -0.4 is 15.5 Å². The summed E-state index contributed by atoms with van der Waals surface area (Å²) in [7, 11) is 1.81. The molecule has 0 aromatic heterocycles. The van der Waals surface area contributed by atoms with Crippen LogP contribution in [-0.4, -0.2) is 37.0 Å². The molecule has 6 nitrogen and oxygen atoms in total. The summed E-state index contributed by atoms with van der Waals surface area (Å²) in [6.07, 6.45) is 2.99. The molecule has 2 aromatic rings. The van der Waals surface area contributed by atoms with Crippen molar-refractivity contribution < 1.29 is 9.59 Å². The second-order valence-electron chi connectivity index (χ2n) is 9.16. The van der Waals surface area contributed by atoms with Gasteiger partial charge in [-0.1, -0.05) is 43.3 Å². The van der Waals surface area contributed by atoms with Crippen molar-refractivity contribution in [2.75, 3.05) is 11.9 Å². The molecular formula is C26H30N4O2. The Bertz CT molecular complexity index is 1060. The van der Waals surface area contributed by atoms with Gasteiger partial charge in [0.2, 0.25) is 11.8 Å². The van der Waals surface area contributed by atoms with Crippen molar-refractivity contribution in [3.63, 3.8) is 0 Å². The lowest BCUT2D eigenvalue weighted by atomic mass is 9.88. The summed E-state index contributed by atoms with van der Waals surface area (Å²) in [6, 6.07) is 15.9. The molecule has 32 heavy (non-hydrogen) atoms. The fourth-order valence-corrected chi connectivity index (χ4v) is 4.65. The molecule has 1 saturated heterocycles. The van der Waals surface area contributed by atoms with Crippen LogP contribution in [0.1, 0.15) is 37.8 Å². The number of likely N-dealkylation sites (N-methyl/N-ethyl adjacent to an activating group) is 1. The minimum absolute atomic E-state index is 0.0935. The number of nitrogens with one attached hydrogen (secondary N) is 2. The third-order valence-corrected chi connectivity index (χ3v) is 6.73. The van der Waals surface area contributed by atoms with E-state index in [4.69, 9.17) is 0 Å². The molecular weight excluding hydrogens is 400 g/mol. The Morgan fingerprint density at radius 1 is 1.19 bits per heavy atom. The summed E-state index contributed by atoms with van der Waals surface area (Å²) in [5, 5.41) is 15.9. The third-order valence-electron chi connectivity index (χ3n) is 6.73. The van der Waals surface area contributed by atoms with Gasteiger partial charge in [0.1, 0.15) is 6.04 Å². The van der Waals surface area contributed by atoms with Crippen molar-refractivity contribution in [1.82, 2.24) is 10.6 Å². The number of carbonyl (C=O) groups is 2. The first-order chi connectivity index (χ1) is 15.4. The summed E-state index contributed by atoms with van der Waals surface area (Å²) in [4.78, 5) is 26.4. The smallest absolute Gasteiger partial charge is 0.238 e. The van der Waals surface area contributed by atoms with Gasteiger partial charge in [-0.05, 0) is 54.0 Å². The van der Waals surface area contributed by atoms with E-state index in [1.54, 1.807) is 4.90 Å². The second-order valence-corrected chi connectivity index (χ2v) is 9.16. The Morgan fingerprint density at radius 2 is 1.91 bits per heavy atom. The molecule has 4 atom stereocenters. The molecule has 0 bridgehead atoms. The summed E-state index contributed by atoms with van der Waals surface area (Å²) in [6.45, 7) is 4.17. The molecule has 2 aliphatic heterocycles. The fourth-order valence-electron chi connectivity index (χ4n) is 4.65. The summed E-state index contributed by atoms with van der Waals surface area (Å²) in [5.74, 6) is 0.278. The van der Waals surface area contributed by atoms with Crippen molar-refractivity contribution in [3.8, 4) is 17.2 Å². The van der Waals surface area contributed by atoms with Gasteiger partial charge in [-0.15, -0.1) is 0 Å². The van der Waals surface area contributed by atoms with Crippen LogP contribution in [-0.2, 0) is 22.4 Å². The highest BCUT2D eigenvalue weighted by molar-refractivity contribution is 6.01. The minimum atomic E-state index is -0.570. The highest BCUT2D eigenvalue weighted by atomic mass is 16.2. The van der Waals surface area contributed by atoms with E-state index in [-0.39, 0.29) is 23.8 Å². The number of piperidine rings is 1. The fraction of sp³-hybridized carbons (Fsp3) is 0.423. The standard InChI is InChI=1S/C26H30N4O2/c1-16-4-5-17(2)28-25(16)26(32)29-22(15-27)12-18-6-8-19(9-7-18)20-10-11-21-14-24(31)30(3)23(21)13-20/h6-11,13,16-17,22,25,28H,4-5,12,14H2,1-3H3,(H,29,32)/t16-,17+,22+,25+/m1/s1. The lowest BCUT2D eigenvalue weighted by Gasteiger charge is -2.33. The Kier molecular flexibility index (Phi) is 6.29. The summed E-state index contributed by atoms with van der Waals surface area (Å²) in [5.41, 5.74) is 5.11. The molecule has 0 spiro atoms. The average Bonchev–Trinajstić information content (AvgIpc) is 3.08. The average molecular weight is 431 g/mol. The molecule has 6 heteroatoms. The number of carbonyl (C=O) groups excluding carboxylic acids is 2. The van der Waals surface area contributed by atoms with Crippen LogP contribution >= 0.6 is 0 Å². The van der Waals surface area contributed by atoms with Crippen molar-refractivity contribution in [3.05, 3.63) is 53.6 Å². The minimum Gasteiger partial charge on any atom is -0.339 e. The molecule has 2 aliphatic rings. The Hall–Kier alpha value is -3.17. The first-order valence-electron chi connectivity index (χ1n) is 11.3. The van der Waals surface area contributed by atoms with Crippen LogP contribution in [0.3, 0.4) is 0 Å². The van der Waals surface area contributed by atoms with Crippen LogP contribution in [0.5, 0.6) is 0 Å². The quantitative estimate of drug-likeness (QED) is 0.763. The third kappa shape index (κ3) is 4.53. The highest BCUT2D eigenvalue weighted by Gasteiger charge is 2.31. The van der Waals surface area contributed by atoms with Gasteiger partial charge in [-0.25, -0.2) is 0 Å². The zero-order valence-electron chi connectivity index (χ0n) is 18.9. The topological polar surface area (TPSA) is 85.2 Å². The number of hydrogen-bond acceptors (Lipinski definition) is 4. The summed E-state index contributed by atoms with van der Waals surface area (Å²) >= 11 is 0. The van der Waals surface area contributed by atoms with Gasteiger partial charge >= 0.3 is 0 Å². The van der Waals surface area contributed by atoms with Crippen molar-refractivity contribution in [2.24, 2.45) is 5.92 Å². The van der Waals surface area contributed by atoms with Crippen LogP contribution in [0.25, 0.3) is 11.1 Å². The number of benzene rings is 2. The number of anilines is 1. The molecule has 0 aliphatic carbocycles. The molecule has 2 aromatic carbocycles. The normalized spacial score (nSPS) is 23.4. The molecule has 2 amide bonds. The van der Waals surface area contributed by atoms with E-state index in [0.717, 1.165) is 40.8 Å². The molecule has 1 fully saturated rings. The maximum Gasteiger partial charge on any atom is 0.238 e. The van der Waals surface area contributed by atoms with Gasteiger partial charge < -0.3 is 15.5 Å². The van der Waals surface area contributed by atoms with E-state index in [2.05, 4.69) is 30.6 Å². The van der Waals surface area contributed by atoms with Gasteiger partial charge in [0.05, 0.1) is 18.5 Å². The van der Waals surface area contributed by atoms with Crippen molar-refractivity contribution in [1.29, 1.82) is 5.26 Å². The van der Waals surface area contributed by atoms with Crippen LogP contribution in [0.15, 0.2) is 42.5 Å². The van der Waals surface area contributed by atoms with E-state index in [0.29, 0.717) is 18.9 Å². The van der Waals surface area contributed by atoms with Crippen LogP contribution in [0.4, 0.5) is 5.69 Å². The predicted molar refractivity (Wildman–Crippen MR) is 125 cm³/mol. The maximum atomic E-state index is 12.7. The molecule has 2 N–H and O–H groups in total. The van der Waals surface area contributed by atoms with E-state index in [1.807, 2.05) is 49.5 Å². The number of nitriles is 1. The Labute approximate surface area is 189 Å². The molecule has 2 heterocycles. The number of amides is 2. The van der Waals surface area contributed by atoms with Gasteiger partial charge in [-0.2, -0.15) is 5.26 Å². The van der Waals surface area contributed by atoms with Crippen LogP contribution in [0.2, 0.25) is 0 Å². The number of hydrogen-bond donors (Lipinski definition) is 2. The highest BCUT2D eigenvalue weighted by Crippen LogP contribution is 2.32. The second kappa shape index (κ2) is 9.13.